The highest BCUT2D eigenvalue weighted by Crippen LogP contribution is 2.31. The molecular weight excluding hydrogens is 252 g/mol. The number of piperidine rings is 1. The Hall–Kier alpha value is -0.380. The van der Waals surface area contributed by atoms with E-state index in [1.165, 1.54) is 51.7 Å². The van der Waals surface area contributed by atoms with Crippen LogP contribution in [0.2, 0.25) is 0 Å². The lowest BCUT2D eigenvalue weighted by atomic mass is 10.0. The van der Waals surface area contributed by atoms with Crippen LogP contribution in [0.5, 0.6) is 0 Å². The van der Waals surface area contributed by atoms with Crippen LogP contribution in [-0.4, -0.2) is 30.6 Å². The highest BCUT2D eigenvalue weighted by Gasteiger charge is 2.27. The van der Waals surface area contributed by atoms with E-state index >= 15 is 0 Å². The van der Waals surface area contributed by atoms with Gasteiger partial charge in [0, 0.05) is 30.1 Å². The van der Waals surface area contributed by atoms with Crippen molar-refractivity contribution in [3.8, 4) is 0 Å². The normalized spacial score (nSPS) is 23.6. The summed E-state index contributed by atoms with van der Waals surface area (Å²) in [5, 5.41) is 5.98. The topological polar surface area (TPSA) is 15.3 Å². The summed E-state index contributed by atoms with van der Waals surface area (Å²) in [7, 11) is 0. The van der Waals surface area contributed by atoms with Crippen LogP contribution < -0.4 is 5.32 Å². The maximum atomic E-state index is 3.77. The second-order valence-corrected chi connectivity index (χ2v) is 7.08. The van der Waals surface area contributed by atoms with E-state index in [-0.39, 0.29) is 0 Å². The van der Waals surface area contributed by atoms with E-state index < -0.39 is 0 Å². The quantitative estimate of drug-likeness (QED) is 0.854. The van der Waals surface area contributed by atoms with Crippen molar-refractivity contribution in [2.75, 3.05) is 19.6 Å². The average molecular weight is 278 g/mol. The zero-order chi connectivity index (χ0) is 13.1. The predicted octanol–water partition coefficient (Wildman–Crippen LogP) is 3.66. The van der Waals surface area contributed by atoms with E-state index in [1.807, 2.05) is 11.3 Å². The summed E-state index contributed by atoms with van der Waals surface area (Å²) < 4.78 is 0. The molecule has 2 fully saturated rings. The van der Waals surface area contributed by atoms with Crippen molar-refractivity contribution in [3.63, 3.8) is 0 Å². The number of rotatable bonds is 6. The van der Waals surface area contributed by atoms with E-state index in [0.29, 0.717) is 6.04 Å². The first-order valence-corrected chi connectivity index (χ1v) is 8.75. The Morgan fingerprint density at radius 2 is 2.11 bits per heavy atom. The first-order valence-electron chi connectivity index (χ1n) is 7.87. The predicted molar refractivity (Wildman–Crippen MR) is 82.7 cm³/mol. The monoisotopic (exact) mass is 278 g/mol. The summed E-state index contributed by atoms with van der Waals surface area (Å²) in [5.41, 5.74) is 0. The molecule has 1 aliphatic heterocycles. The van der Waals surface area contributed by atoms with Gasteiger partial charge in [0.05, 0.1) is 0 Å². The van der Waals surface area contributed by atoms with Crippen molar-refractivity contribution >= 4 is 11.3 Å². The molecule has 1 aliphatic carbocycles. The molecule has 1 unspecified atom stereocenters. The number of thiophene rings is 1. The lowest BCUT2D eigenvalue weighted by Crippen LogP contribution is -2.44. The Morgan fingerprint density at radius 1 is 1.32 bits per heavy atom. The van der Waals surface area contributed by atoms with Gasteiger partial charge in [0.2, 0.25) is 0 Å². The first kappa shape index (κ1) is 13.6. The van der Waals surface area contributed by atoms with Gasteiger partial charge in [-0.25, -0.2) is 0 Å². The van der Waals surface area contributed by atoms with Crippen molar-refractivity contribution in [2.24, 2.45) is 5.92 Å². The number of nitrogens with zero attached hydrogens (tertiary/aromatic N) is 1. The molecule has 3 heteroatoms. The summed E-state index contributed by atoms with van der Waals surface area (Å²) in [6.07, 6.45) is 6.81. The van der Waals surface area contributed by atoms with Gasteiger partial charge in [-0.3, -0.25) is 4.90 Å². The second-order valence-electron chi connectivity index (χ2n) is 6.10. The molecule has 0 bridgehead atoms. The van der Waals surface area contributed by atoms with Crippen LogP contribution in [0.25, 0.3) is 0 Å². The van der Waals surface area contributed by atoms with Gasteiger partial charge < -0.3 is 5.32 Å². The minimum absolute atomic E-state index is 0.657. The molecule has 1 aromatic heterocycles. The lowest BCUT2D eigenvalue weighted by Gasteiger charge is -2.37. The van der Waals surface area contributed by atoms with Crippen molar-refractivity contribution in [2.45, 2.75) is 51.1 Å². The molecule has 2 heterocycles. The van der Waals surface area contributed by atoms with Gasteiger partial charge in [-0.1, -0.05) is 13.0 Å². The van der Waals surface area contributed by atoms with E-state index in [4.69, 9.17) is 0 Å². The van der Waals surface area contributed by atoms with Gasteiger partial charge in [-0.15, -0.1) is 11.3 Å². The molecule has 19 heavy (non-hydrogen) atoms. The SMILES string of the molecule is CCC(c1cccs1)N1CCC(NCC2CC2)CC1. The van der Waals surface area contributed by atoms with Crippen molar-refractivity contribution in [3.05, 3.63) is 22.4 Å². The molecule has 3 rings (SSSR count). The molecule has 1 N–H and O–H groups in total. The Kier molecular flexibility index (Phi) is 4.57. The molecule has 106 valence electrons. The van der Waals surface area contributed by atoms with E-state index in [1.54, 1.807) is 4.88 Å². The fourth-order valence-corrected chi connectivity index (χ4v) is 4.13. The molecule has 0 radical (unpaired) electrons. The third-order valence-electron chi connectivity index (χ3n) is 4.62. The van der Waals surface area contributed by atoms with Gasteiger partial charge in [-0.2, -0.15) is 0 Å². The minimum Gasteiger partial charge on any atom is -0.314 e. The standard InChI is InChI=1S/C16H26N2S/c1-2-15(16-4-3-11-19-16)18-9-7-14(8-10-18)17-12-13-5-6-13/h3-4,11,13-15,17H,2,5-10,12H2,1H3. The second kappa shape index (κ2) is 6.38. The van der Waals surface area contributed by atoms with E-state index in [9.17, 15) is 0 Å². The highest BCUT2D eigenvalue weighted by atomic mass is 32.1. The van der Waals surface area contributed by atoms with Crippen LogP contribution in [-0.2, 0) is 0 Å². The Bertz CT molecular complexity index is 364. The fraction of sp³-hybridized carbons (Fsp3) is 0.750. The molecule has 2 nitrogen and oxygen atoms in total. The summed E-state index contributed by atoms with van der Waals surface area (Å²) in [6, 6.07) is 5.92. The molecule has 1 saturated heterocycles. The van der Waals surface area contributed by atoms with Gasteiger partial charge >= 0.3 is 0 Å². The third-order valence-corrected chi connectivity index (χ3v) is 5.59. The van der Waals surface area contributed by atoms with Crippen LogP contribution in [0.1, 0.15) is 49.9 Å². The fourth-order valence-electron chi connectivity index (χ4n) is 3.19. The van der Waals surface area contributed by atoms with Gasteiger partial charge in [0.25, 0.3) is 0 Å². The molecule has 1 aromatic rings. The van der Waals surface area contributed by atoms with Gasteiger partial charge in [0.1, 0.15) is 0 Å². The zero-order valence-corrected chi connectivity index (χ0v) is 12.8. The molecule has 1 saturated carbocycles. The van der Waals surface area contributed by atoms with Crippen LogP contribution in [0.15, 0.2) is 17.5 Å². The van der Waals surface area contributed by atoms with Crippen LogP contribution in [0.4, 0.5) is 0 Å². The van der Waals surface area contributed by atoms with Gasteiger partial charge in [-0.05, 0) is 56.0 Å². The maximum absolute atomic E-state index is 3.77. The highest BCUT2D eigenvalue weighted by molar-refractivity contribution is 7.10. The molecule has 2 aliphatic rings. The zero-order valence-electron chi connectivity index (χ0n) is 12.0. The summed E-state index contributed by atoms with van der Waals surface area (Å²) in [6.45, 7) is 6.12. The summed E-state index contributed by atoms with van der Waals surface area (Å²) in [5.74, 6) is 1.01. The van der Waals surface area contributed by atoms with Crippen molar-refractivity contribution in [1.29, 1.82) is 0 Å². The number of likely N-dealkylation sites (tertiary alicyclic amines) is 1. The number of hydrogen-bond donors (Lipinski definition) is 1. The van der Waals surface area contributed by atoms with Gasteiger partial charge in [0.15, 0.2) is 0 Å². The van der Waals surface area contributed by atoms with Crippen LogP contribution in [0.3, 0.4) is 0 Å². The lowest BCUT2D eigenvalue weighted by molar-refractivity contribution is 0.141. The van der Waals surface area contributed by atoms with E-state index in [2.05, 4.69) is 34.7 Å². The Morgan fingerprint density at radius 3 is 2.68 bits per heavy atom. The first-order chi connectivity index (χ1) is 9.36. The molecule has 0 aromatic carbocycles. The Balaban J connectivity index is 1.48. The Labute approximate surface area is 121 Å². The summed E-state index contributed by atoms with van der Waals surface area (Å²) >= 11 is 1.92. The maximum Gasteiger partial charge on any atom is 0.0438 e. The van der Waals surface area contributed by atoms with Crippen molar-refractivity contribution < 1.29 is 0 Å². The minimum atomic E-state index is 0.657. The number of nitrogens with one attached hydrogen (secondary N) is 1. The molecule has 0 spiro atoms. The smallest absolute Gasteiger partial charge is 0.0438 e. The molecule has 0 amide bonds. The number of hydrogen-bond acceptors (Lipinski definition) is 3. The van der Waals surface area contributed by atoms with Crippen LogP contribution in [0, 0.1) is 5.92 Å². The molecule has 1 atom stereocenters. The molecular formula is C16H26N2S. The average Bonchev–Trinajstić information content (AvgIpc) is 3.13. The third kappa shape index (κ3) is 3.59. The summed E-state index contributed by atoms with van der Waals surface area (Å²) in [4.78, 5) is 4.24. The van der Waals surface area contributed by atoms with Crippen molar-refractivity contribution in [1.82, 2.24) is 10.2 Å². The van der Waals surface area contributed by atoms with E-state index in [0.717, 1.165) is 12.0 Å². The largest absolute Gasteiger partial charge is 0.314 e. The van der Waals surface area contributed by atoms with Crippen LogP contribution >= 0.6 is 11.3 Å².